The minimum absolute atomic E-state index is 0.181. The van der Waals surface area contributed by atoms with Crippen molar-refractivity contribution in [3.8, 4) is 0 Å². The van der Waals surface area contributed by atoms with Crippen LogP contribution in [-0.4, -0.2) is 22.2 Å². The van der Waals surface area contributed by atoms with Crippen molar-refractivity contribution in [3.63, 3.8) is 0 Å². The summed E-state index contributed by atoms with van der Waals surface area (Å²) in [6.45, 7) is 4.61. The molecule has 0 spiro atoms. The molecule has 0 saturated heterocycles. The lowest BCUT2D eigenvalue weighted by molar-refractivity contribution is 0.0952. The topological polar surface area (TPSA) is 84.0 Å². The number of nitrogens with zero attached hydrogens (tertiary/aromatic N) is 1. The predicted octanol–water partition coefficient (Wildman–Crippen LogP) is 2.30. The fourth-order valence-electron chi connectivity index (χ4n) is 2.56. The number of aromatic amines is 1. The first kappa shape index (κ1) is 17.2. The minimum atomic E-state index is -0.319. The van der Waals surface area contributed by atoms with Crippen LogP contribution in [0.25, 0.3) is 10.8 Å². The Morgan fingerprint density at radius 3 is 2.64 bits per heavy atom. The molecule has 1 amide bonds. The fraction of sp³-hybridized carbons (Fsp3) is 0.278. The zero-order valence-electron chi connectivity index (χ0n) is 14.0. The first-order valence-electron chi connectivity index (χ1n) is 8.06. The van der Waals surface area contributed by atoms with Gasteiger partial charge in [-0.1, -0.05) is 26.0 Å². The summed E-state index contributed by atoms with van der Waals surface area (Å²) in [6, 6.07) is 8.56. The molecule has 0 saturated carbocycles. The van der Waals surface area contributed by atoms with Crippen LogP contribution < -0.4 is 16.4 Å². The largest absolute Gasteiger partial charge is 0.350 e. The molecule has 2 aromatic heterocycles. The summed E-state index contributed by atoms with van der Waals surface area (Å²) in [4.78, 5) is 37.7. The zero-order valence-corrected chi connectivity index (χ0v) is 14.9. The number of H-pyrrole nitrogens is 1. The van der Waals surface area contributed by atoms with Crippen molar-refractivity contribution in [2.75, 3.05) is 6.54 Å². The first-order chi connectivity index (χ1) is 12.0. The Morgan fingerprint density at radius 1 is 1.24 bits per heavy atom. The predicted molar refractivity (Wildman–Crippen MR) is 99.6 cm³/mol. The van der Waals surface area contributed by atoms with E-state index in [0.717, 1.165) is 4.88 Å². The van der Waals surface area contributed by atoms with Gasteiger partial charge in [0.05, 0.1) is 22.9 Å². The van der Waals surface area contributed by atoms with Crippen molar-refractivity contribution >= 4 is 28.0 Å². The third kappa shape index (κ3) is 3.56. The highest BCUT2D eigenvalue weighted by Crippen LogP contribution is 2.22. The van der Waals surface area contributed by atoms with Gasteiger partial charge in [0.1, 0.15) is 0 Å². The average molecular weight is 357 g/mol. The lowest BCUT2D eigenvalue weighted by Crippen LogP contribution is -2.35. The molecular formula is C18H19N3O3S. The molecule has 0 bridgehead atoms. The van der Waals surface area contributed by atoms with E-state index < -0.39 is 0 Å². The molecule has 3 aromatic rings. The summed E-state index contributed by atoms with van der Waals surface area (Å²) in [6.07, 6.45) is 0. The van der Waals surface area contributed by atoms with Gasteiger partial charge in [-0.25, -0.2) is 4.68 Å². The fourth-order valence-corrected chi connectivity index (χ4v) is 3.47. The highest BCUT2D eigenvalue weighted by Gasteiger charge is 2.11. The van der Waals surface area contributed by atoms with Gasteiger partial charge in [0.25, 0.3) is 17.0 Å². The Hall–Kier alpha value is -2.67. The highest BCUT2D eigenvalue weighted by atomic mass is 32.1. The third-order valence-electron chi connectivity index (χ3n) is 3.96. The second-order valence-corrected chi connectivity index (χ2v) is 7.03. The molecule has 1 aromatic carbocycles. The van der Waals surface area contributed by atoms with Crippen LogP contribution in [0.2, 0.25) is 0 Å². The van der Waals surface area contributed by atoms with E-state index in [0.29, 0.717) is 22.3 Å². The van der Waals surface area contributed by atoms with Crippen molar-refractivity contribution < 1.29 is 4.79 Å². The van der Waals surface area contributed by atoms with Gasteiger partial charge in [-0.05, 0) is 24.1 Å². The first-order valence-corrected chi connectivity index (χ1v) is 8.94. The van der Waals surface area contributed by atoms with Crippen molar-refractivity contribution in [1.29, 1.82) is 0 Å². The molecule has 0 aliphatic heterocycles. The van der Waals surface area contributed by atoms with Crippen molar-refractivity contribution in [1.82, 2.24) is 15.1 Å². The normalized spacial score (nSPS) is 11.2. The number of amides is 1. The molecule has 7 heteroatoms. The van der Waals surface area contributed by atoms with Crippen LogP contribution in [0.15, 0.2) is 45.3 Å². The second kappa shape index (κ2) is 7.06. The minimum Gasteiger partial charge on any atom is -0.350 e. The van der Waals surface area contributed by atoms with E-state index in [1.54, 1.807) is 35.6 Å². The number of nitrogens with one attached hydrogen (secondary N) is 2. The third-order valence-corrected chi connectivity index (χ3v) is 5.19. The summed E-state index contributed by atoms with van der Waals surface area (Å²) in [5.74, 6) is 0.201. The number of rotatable bonds is 5. The smallest absolute Gasteiger partial charge is 0.273 e. The molecule has 0 atom stereocenters. The molecule has 130 valence electrons. The summed E-state index contributed by atoms with van der Waals surface area (Å²) in [5, 5.41) is 7.90. The molecule has 0 radical (unpaired) electrons. The van der Waals surface area contributed by atoms with Gasteiger partial charge in [0.15, 0.2) is 0 Å². The quantitative estimate of drug-likeness (QED) is 0.735. The van der Waals surface area contributed by atoms with E-state index in [1.165, 1.54) is 4.68 Å². The maximum Gasteiger partial charge on any atom is 0.273 e. The lowest BCUT2D eigenvalue weighted by atomic mass is 10.1. The summed E-state index contributed by atoms with van der Waals surface area (Å²) in [7, 11) is 0. The number of fused-ring (bicyclic) bond motifs is 1. The molecule has 6 nitrogen and oxygen atoms in total. The van der Waals surface area contributed by atoms with Gasteiger partial charge >= 0.3 is 0 Å². The van der Waals surface area contributed by atoms with Crippen molar-refractivity contribution in [2.45, 2.75) is 26.3 Å². The maximum absolute atomic E-state index is 12.4. The van der Waals surface area contributed by atoms with E-state index in [2.05, 4.69) is 24.3 Å². The lowest BCUT2D eigenvalue weighted by Gasteiger charge is -2.08. The number of hydrogen-bond donors (Lipinski definition) is 2. The second-order valence-electron chi connectivity index (χ2n) is 6.09. The Kier molecular flexibility index (Phi) is 4.85. The number of aromatic nitrogens is 2. The molecule has 3 rings (SSSR count). The van der Waals surface area contributed by atoms with E-state index in [1.807, 2.05) is 11.4 Å². The Morgan fingerprint density at radius 2 is 1.96 bits per heavy atom. The van der Waals surface area contributed by atoms with Gasteiger partial charge < -0.3 is 5.32 Å². The van der Waals surface area contributed by atoms with Crippen LogP contribution in [0.5, 0.6) is 0 Å². The average Bonchev–Trinajstić information content (AvgIpc) is 3.09. The molecule has 0 fully saturated rings. The van der Waals surface area contributed by atoms with Crippen LogP contribution in [0, 0.1) is 0 Å². The molecule has 0 aliphatic rings. The number of thiophene rings is 1. The van der Waals surface area contributed by atoms with E-state index in [4.69, 9.17) is 0 Å². The van der Waals surface area contributed by atoms with Crippen LogP contribution >= 0.6 is 11.3 Å². The number of hydrogen-bond acceptors (Lipinski definition) is 4. The van der Waals surface area contributed by atoms with Crippen molar-refractivity contribution in [3.05, 3.63) is 66.9 Å². The summed E-state index contributed by atoms with van der Waals surface area (Å²) in [5.41, 5.74) is 0.0241. The van der Waals surface area contributed by atoms with Crippen molar-refractivity contribution in [2.24, 2.45) is 0 Å². The SMILES string of the molecule is CC(C)c1cc(C(=O)NCCn2[nH]c(=O)c3ccccc3c2=O)cs1. The maximum atomic E-state index is 12.4. The van der Waals surface area contributed by atoms with Gasteiger partial charge in [-0.3, -0.25) is 19.5 Å². The number of benzene rings is 1. The van der Waals surface area contributed by atoms with E-state index >= 15 is 0 Å². The Balaban J connectivity index is 1.70. The van der Waals surface area contributed by atoms with E-state index in [9.17, 15) is 14.4 Å². The molecule has 2 heterocycles. The molecule has 0 aliphatic carbocycles. The molecule has 25 heavy (non-hydrogen) atoms. The monoisotopic (exact) mass is 357 g/mol. The van der Waals surface area contributed by atoms with Gasteiger partial charge in [0, 0.05) is 16.8 Å². The van der Waals surface area contributed by atoms with Gasteiger partial charge in [-0.2, -0.15) is 0 Å². The van der Waals surface area contributed by atoms with Gasteiger partial charge in [-0.15, -0.1) is 11.3 Å². The molecule has 0 unspecified atom stereocenters. The zero-order chi connectivity index (χ0) is 18.0. The van der Waals surface area contributed by atoms with Crippen LogP contribution in [-0.2, 0) is 6.54 Å². The van der Waals surface area contributed by atoms with E-state index in [-0.39, 0.29) is 30.1 Å². The van der Waals surface area contributed by atoms with Crippen LogP contribution in [0.3, 0.4) is 0 Å². The van der Waals surface area contributed by atoms with Crippen LogP contribution in [0.1, 0.15) is 35.0 Å². The summed E-state index contributed by atoms with van der Waals surface area (Å²) < 4.78 is 1.23. The Labute approximate surface area is 148 Å². The Bertz CT molecular complexity index is 1030. The molecular weight excluding hydrogens is 338 g/mol. The molecule has 2 N–H and O–H groups in total. The number of carbonyl (C=O) groups is 1. The number of carbonyl (C=O) groups excluding carboxylic acids is 1. The summed E-state index contributed by atoms with van der Waals surface area (Å²) >= 11 is 1.56. The van der Waals surface area contributed by atoms with Crippen LogP contribution in [0.4, 0.5) is 0 Å². The van der Waals surface area contributed by atoms with Gasteiger partial charge in [0.2, 0.25) is 0 Å². The highest BCUT2D eigenvalue weighted by molar-refractivity contribution is 7.10. The standard InChI is InChI=1S/C18H19N3O3S/c1-11(2)15-9-12(10-25-15)16(22)19-7-8-21-18(24)14-6-4-3-5-13(14)17(23)20-21/h3-6,9-11H,7-8H2,1-2H3,(H,19,22)(H,20,23).